The number of rotatable bonds is 4. The third kappa shape index (κ3) is 2.28. The van der Waals surface area contributed by atoms with Gasteiger partial charge in [-0.2, -0.15) is 0 Å². The molecule has 0 radical (unpaired) electrons. The van der Waals surface area contributed by atoms with E-state index < -0.39 is 0 Å². The molecule has 3 rings (SSSR count). The van der Waals surface area contributed by atoms with Gasteiger partial charge in [0.05, 0.1) is 18.0 Å². The van der Waals surface area contributed by atoms with Crippen LogP contribution in [0.3, 0.4) is 0 Å². The van der Waals surface area contributed by atoms with Crippen LogP contribution in [0.2, 0.25) is 0 Å². The van der Waals surface area contributed by atoms with Crippen molar-refractivity contribution in [2.75, 3.05) is 6.61 Å². The Morgan fingerprint density at radius 1 is 1.32 bits per heavy atom. The lowest BCUT2D eigenvalue weighted by molar-refractivity contribution is 0.264. The Hall–Kier alpha value is -1.69. The largest absolute Gasteiger partial charge is 0.395 e. The van der Waals surface area contributed by atoms with Crippen LogP contribution in [0, 0.1) is 0 Å². The van der Waals surface area contributed by atoms with Crippen LogP contribution in [0.1, 0.15) is 5.69 Å². The highest BCUT2D eigenvalue weighted by Gasteiger charge is 2.16. The number of aromatic nitrogens is 2. The van der Waals surface area contributed by atoms with Crippen molar-refractivity contribution < 1.29 is 5.11 Å². The zero-order chi connectivity index (χ0) is 13.2. The molecule has 0 spiro atoms. The summed E-state index contributed by atoms with van der Waals surface area (Å²) in [6.07, 6.45) is 2.61. The predicted molar refractivity (Wildman–Crippen MR) is 77.3 cm³/mol. The molecular weight excluding hydrogens is 258 g/mol. The number of fused-ring (bicyclic) bond motifs is 1. The summed E-state index contributed by atoms with van der Waals surface area (Å²) in [4.78, 5) is 5.63. The Balaban J connectivity index is 2.13. The Morgan fingerprint density at radius 3 is 2.84 bits per heavy atom. The van der Waals surface area contributed by atoms with Crippen LogP contribution in [0.15, 0.2) is 41.9 Å². The number of aliphatic hydroxyl groups is 1. The maximum Gasteiger partial charge on any atom is 0.194 e. The van der Waals surface area contributed by atoms with Crippen LogP contribution in [0.25, 0.3) is 16.2 Å². The molecule has 98 valence electrons. The van der Waals surface area contributed by atoms with E-state index in [-0.39, 0.29) is 12.6 Å². The molecule has 0 aliphatic heterocycles. The first kappa shape index (κ1) is 12.3. The summed E-state index contributed by atoms with van der Waals surface area (Å²) >= 11 is 1.60. The van der Waals surface area contributed by atoms with Gasteiger partial charge in [0.25, 0.3) is 0 Å². The van der Waals surface area contributed by atoms with Crippen LogP contribution in [0.4, 0.5) is 0 Å². The summed E-state index contributed by atoms with van der Waals surface area (Å²) in [5.74, 6) is 0. The quantitative estimate of drug-likeness (QED) is 0.763. The van der Waals surface area contributed by atoms with Crippen LogP contribution in [-0.4, -0.2) is 27.1 Å². The van der Waals surface area contributed by atoms with Gasteiger partial charge >= 0.3 is 0 Å². The number of imidazole rings is 1. The topological polar surface area (TPSA) is 63.5 Å². The molecule has 4 nitrogen and oxygen atoms in total. The van der Waals surface area contributed by atoms with Gasteiger partial charge in [-0.25, -0.2) is 4.98 Å². The SMILES string of the molecule is NC(CO)Cc1c(-c2ccccc2)nc2sccn12. The van der Waals surface area contributed by atoms with Crippen LogP contribution >= 0.6 is 11.3 Å². The molecule has 0 fully saturated rings. The molecule has 0 aliphatic rings. The summed E-state index contributed by atoms with van der Waals surface area (Å²) in [6.45, 7) is -0.0222. The van der Waals surface area contributed by atoms with E-state index >= 15 is 0 Å². The van der Waals surface area contributed by atoms with Crippen molar-refractivity contribution in [1.29, 1.82) is 0 Å². The van der Waals surface area contributed by atoms with E-state index in [0.717, 1.165) is 21.9 Å². The Labute approximate surface area is 115 Å². The number of aliphatic hydroxyl groups excluding tert-OH is 1. The van der Waals surface area contributed by atoms with Gasteiger partial charge in [0.1, 0.15) is 0 Å². The summed E-state index contributed by atoms with van der Waals surface area (Å²) in [5, 5.41) is 11.2. The van der Waals surface area contributed by atoms with E-state index in [1.165, 1.54) is 0 Å². The third-order valence-corrected chi connectivity index (χ3v) is 3.85. The zero-order valence-electron chi connectivity index (χ0n) is 10.4. The Bertz CT molecular complexity index is 674. The van der Waals surface area contributed by atoms with Gasteiger partial charge in [0.2, 0.25) is 0 Å². The fourth-order valence-corrected chi connectivity index (χ4v) is 2.90. The maximum absolute atomic E-state index is 9.17. The molecule has 1 aromatic carbocycles. The van der Waals surface area contributed by atoms with E-state index in [1.54, 1.807) is 11.3 Å². The van der Waals surface area contributed by atoms with Gasteiger partial charge in [-0.1, -0.05) is 30.3 Å². The fraction of sp³-hybridized carbons (Fsp3) is 0.214. The highest BCUT2D eigenvalue weighted by Crippen LogP contribution is 2.27. The first-order valence-electron chi connectivity index (χ1n) is 6.16. The van der Waals surface area contributed by atoms with Crippen molar-refractivity contribution in [2.24, 2.45) is 5.73 Å². The molecule has 0 aliphatic carbocycles. The number of hydrogen-bond donors (Lipinski definition) is 2. The highest BCUT2D eigenvalue weighted by atomic mass is 32.1. The molecule has 19 heavy (non-hydrogen) atoms. The smallest absolute Gasteiger partial charge is 0.194 e. The first-order valence-corrected chi connectivity index (χ1v) is 7.04. The molecule has 2 heterocycles. The van der Waals surface area contributed by atoms with E-state index in [0.29, 0.717) is 6.42 Å². The Kier molecular flexibility index (Phi) is 3.33. The average Bonchev–Trinajstić information content (AvgIpc) is 3.02. The fourth-order valence-electron chi connectivity index (χ4n) is 2.17. The number of nitrogens with two attached hydrogens (primary N) is 1. The normalized spacial score (nSPS) is 12.9. The summed E-state index contributed by atoms with van der Waals surface area (Å²) in [7, 11) is 0. The molecule has 2 aromatic heterocycles. The molecular formula is C14H15N3OS. The third-order valence-electron chi connectivity index (χ3n) is 3.10. The minimum atomic E-state index is -0.262. The molecule has 0 amide bonds. The lowest BCUT2D eigenvalue weighted by Gasteiger charge is -2.09. The van der Waals surface area contributed by atoms with Gasteiger partial charge in [-0.3, -0.25) is 4.40 Å². The number of thiazole rings is 1. The molecule has 5 heteroatoms. The molecule has 0 bridgehead atoms. The van der Waals surface area contributed by atoms with E-state index in [4.69, 9.17) is 10.8 Å². The zero-order valence-corrected chi connectivity index (χ0v) is 11.2. The van der Waals surface area contributed by atoms with Crippen molar-refractivity contribution in [3.63, 3.8) is 0 Å². The van der Waals surface area contributed by atoms with Crippen LogP contribution in [0.5, 0.6) is 0 Å². The highest BCUT2D eigenvalue weighted by molar-refractivity contribution is 7.15. The van der Waals surface area contributed by atoms with Gasteiger partial charge in [-0.05, 0) is 0 Å². The molecule has 1 atom stereocenters. The maximum atomic E-state index is 9.17. The molecule has 3 aromatic rings. The number of hydrogen-bond acceptors (Lipinski definition) is 4. The minimum Gasteiger partial charge on any atom is -0.395 e. The van der Waals surface area contributed by atoms with Gasteiger partial charge in [0.15, 0.2) is 4.96 Å². The average molecular weight is 273 g/mol. The second kappa shape index (κ2) is 5.13. The van der Waals surface area contributed by atoms with Crippen molar-refractivity contribution >= 4 is 16.3 Å². The van der Waals surface area contributed by atoms with Gasteiger partial charge < -0.3 is 10.8 Å². The summed E-state index contributed by atoms with van der Waals surface area (Å²) in [6, 6.07) is 9.81. The first-order chi connectivity index (χ1) is 9.29. The van der Waals surface area contributed by atoms with Gasteiger partial charge in [0, 0.05) is 29.6 Å². The van der Waals surface area contributed by atoms with Crippen LogP contribution in [-0.2, 0) is 6.42 Å². The second-order valence-electron chi connectivity index (χ2n) is 4.48. The Morgan fingerprint density at radius 2 is 2.11 bits per heavy atom. The van der Waals surface area contributed by atoms with Crippen molar-refractivity contribution in [2.45, 2.75) is 12.5 Å². The minimum absolute atomic E-state index is 0.0222. The van der Waals surface area contributed by atoms with Crippen molar-refractivity contribution in [1.82, 2.24) is 9.38 Å². The van der Waals surface area contributed by atoms with E-state index in [1.807, 2.05) is 41.9 Å². The summed E-state index contributed by atoms with van der Waals surface area (Å²) in [5.41, 5.74) is 8.98. The number of benzene rings is 1. The summed E-state index contributed by atoms with van der Waals surface area (Å²) < 4.78 is 2.06. The lowest BCUT2D eigenvalue weighted by Crippen LogP contribution is -2.27. The lowest BCUT2D eigenvalue weighted by atomic mass is 10.1. The van der Waals surface area contributed by atoms with Crippen molar-refractivity contribution in [3.8, 4) is 11.3 Å². The van der Waals surface area contributed by atoms with E-state index in [9.17, 15) is 0 Å². The molecule has 0 saturated heterocycles. The molecule has 0 saturated carbocycles. The second-order valence-corrected chi connectivity index (χ2v) is 5.35. The predicted octanol–water partition coefficient (Wildman–Crippen LogP) is 1.92. The molecule has 1 unspecified atom stereocenters. The van der Waals surface area contributed by atoms with E-state index in [2.05, 4.69) is 9.38 Å². The van der Waals surface area contributed by atoms with Gasteiger partial charge in [-0.15, -0.1) is 11.3 Å². The monoisotopic (exact) mass is 273 g/mol. The standard InChI is InChI=1S/C14H15N3OS/c15-11(9-18)8-12-13(10-4-2-1-3-5-10)16-14-17(12)6-7-19-14/h1-7,11,18H,8-9,15H2. The number of nitrogens with zero attached hydrogens (tertiary/aromatic N) is 2. The molecule has 3 N–H and O–H groups in total. The van der Waals surface area contributed by atoms with Crippen molar-refractivity contribution in [3.05, 3.63) is 47.6 Å². The van der Waals surface area contributed by atoms with Crippen LogP contribution < -0.4 is 5.73 Å².